The van der Waals surface area contributed by atoms with E-state index >= 15 is 0 Å². The average molecular weight is 269 g/mol. The van der Waals surface area contributed by atoms with E-state index in [1.807, 2.05) is 37.3 Å². The van der Waals surface area contributed by atoms with Crippen LogP contribution < -0.4 is 4.74 Å². The Hall–Kier alpha value is -2.16. The fraction of sp³-hybridized carbons (Fsp3) is 0.294. The topological polar surface area (TPSA) is 39.2 Å². The van der Waals surface area contributed by atoms with Crippen molar-refractivity contribution in [3.05, 3.63) is 59.4 Å². The first-order valence-electron chi connectivity index (χ1n) is 6.86. The van der Waals surface area contributed by atoms with Crippen molar-refractivity contribution in [3.8, 4) is 5.75 Å². The normalized spacial score (nSPS) is 10.3. The fourth-order valence-electron chi connectivity index (χ4n) is 1.85. The van der Waals surface area contributed by atoms with Crippen molar-refractivity contribution in [3.63, 3.8) is 0 Å². The van der Waals surface area contributed by atoms with Crippen molar-refractivity contribution in [2.24, 2.45) is 0 Å². The van der Waals surface area contributed by atoms with Crippen molar-refractivity contribution >= 4 is 5.78 Å². The van der Waals surface area contributed by atoms with Crippen molar-refractivity contribution in [1.82, 2.24) is 4.98 Å². The summed E-state index contributed by atoms with van der Waals surface area (Å²) in [7, 11) is 0. The first-order valence-corrected chi connectivity index (χ1v) is 6.86. The highest BCUT2D eigenvalue weighted by Crippen LogP contribution is 2.15. The maximum absolute atomic E-state index is 12.2. The van der Waals surface area contributed by atoms with E-state index in [4.69, 9.17) is 4.74 Å². The maximum Gasteiger partial charge on any atom is 0.168 e. The van der Waals surface area contributed by atoms with Crippen molar-refractivity contribution in [2.45, 2.75) is 26.7 Å². The molecule has 0 saturated heterocycles. The second-order valence-corrected chi connectivity index (χ2v) is 4.80. The first kappa shape index (κ1) is 14.3. The second-order valence-electron chi connectivity index (χ2n) is 4.80. The zero-order chi connectivity index (χ0) is 14.4. The third kappa shape index (κ3) is 3.92. The molecule has 20 heavy (non-hydrogen) atoms. The van der Waals surface area contributed by atoms with Crippen LogP contribution in [0.25, 0.3) is 0 Å². The van der Waals surface area contributed by atoms with Gasteiger partial charge in [0.1, 0.15) is 5.75 Å². The molecule has 0 saturated carbocycles. The summed E-state index contributed by atoms with van der Waals surface area (Å²) in [6.45, 7) is 4.70. The van der Waals surface area contributed by atoms with Crippen molar-refractivity contribution in [2.75, 3.05) is 6.61 Å². The average Bonchev–Trinajstić information content (AvgIpc) is 2.48. The predicted molar refractivity (Wildman–Crippen MR) is 79.2 cm³/mol. The molecule has 3 heteroatoms. The molecule has 0 spiro atoms. The summed E-state index contributed by atoms with van der Waals surface area (Å²) in [6.07, 6.45) is 3.05. The number of benzene rings is 1. The number of carbonyl (C=O) groups is 1. The Labute approximate surface area is 119 Å². The number of nitrogens with zero attached hydrogens (tertiary/aromatic N) is 1. The van der Waals surface area contributed by atoms with Gasteiger partial charge in [-0.15, -0.1) is 0 Å². The molecule has 1 heterocycles. The molecule has 0 unspecified atom stereocenters. The molecule has 2 aromatic rings. The number of hydrogen-bond donors (Lipinski definition) is 0. The van der Waals surface area contributed by atoms with Crippen LogP contribution in [0.5, 0.6) is 5.75 Å². The highest BCUT2D eigenvalue weighted by atomic mass is 16.5. The molecule has 0 aliphatic heterocycles. The van der Waals surface area contributed by atoms with Gasteiger partial charge in [0.25, 0.3) is 0 Å². The van der Waals surface area contributed by atoms with E-state index in [0.29, 0.717) is 18.6 Å². The Balaban J connectivity index is 2.06. The van der Waals surface area contributed by atoms with E-state index in [0.717, 1.165) is 23.4 Å². The van der Waals surface area contributed by atoms with Crippen LogP contribution in [0.4, 0.5) is 0 Å². The van der Waals surface area contributed by atoms with Crippen LogP contribution in [0.2, 0.25) is 0 Å². The fourth-order valence-corrected chi connectivity index (χ4v) is 1.85. The molecule has 0 fully saturated rings. The van der Waals surface area contributed by atoms with Crippen molar-refractivity contribution < 1.29 is 9.53 Å². The van der Waals surface area contributed by atoms with Crippen LogP contribution in [0.15, 0.2) is 42.6 Å². The lowest BCUT2D eigenvalue weighted by Gasteiger charge is -2.06. The summed E-state index contributed by atoms with van der Waals surface area (Å²) in [6, 6.07) is 11.2. The largest absolute Gasteiger partial charge is 0.494 e. The summed E-state index contributed by atoms with van der Waals surface area (Å²) in [5.74, 6) is 0.804. The molecular weight excluding hydrogens is 250 g/mol. The van der Waals surface area contributed by atoms with Gasteiger partial charge < -0.3 is 4.74 Å². The van der Waals surface area contributed by atoms with Crippen LogP contribution in [-0.4, -0.2) is 17.4 Å². The lowest BCUT2D eigenvalue weighted by molar-refractivity contribution is 0.0991. The van der Waals surface area contributed by atoms with E-state index in [9.17, 15) is 4.79 Å². The summed E-state index contributed by atoms with van der Waals surface area (Å²) in [5, 5.41) is 0. The number of Topliss-reactive ketones (excluding diaryl/α,β-unsaturated/α-hetero) is 1. The molecule has 0 bridgehead atoms. The first-order chi connectivity index (χ1) is 9.69. The summed E-state index contributed by atoms with van der Waals surface area (Å²) >= 11 is 0. The van der Waals surface area contributed by atoms with Gasteiger partial charge in [-0.05, 0) is 37.1 Å². The zero-order valence-corrected chi connectivity index (χ0v) is 11.9. The van der Waals surface area contributed by atoms with Gasteiger partial charge in [0.15, 0.2) is 5.78 Å². The molecule has 0 radical (unpaired) electrons. The molecule has 1 aromatic heterocycles. The summed E-state index contributed by atoms with van der Waals surface area (Å²) < 4.78 is 5.54. The van der Waals surface area contributed by atoms with Crippen LogP contribution >= 0.6 is 0 Å². The highest BCUT2D eigenvalue weighted by molar-refractivity contribution is 5.97. The Morgan fingerprint density at radius 2 is 2.10 bits per heavy atom. The van der Waals surface area contributed by atoms with Gasteiger partial charge in [-0.3, -0.25) is 9.78 Å². The summed E-state index contributed by atoms with van der Waals surface area (Å²) in [5.41, 5.74) is 2.55. The Bertz CT molecular complexity index is 576. The molecule has 0 amide bonds. The molecule has 1 aromatic carbocycles. The number of pyridine rings is 1. The zero-order valence-electron chi connectivity index (χ0n) is 11.9. The third-order valence-corrected chi connectivity index (χ3v) is 2.94. The van der Waals surface area contributed by atoms with Crippen LogP contribution in [-0.2, 0) is 6.42 Å². The number of ether oxygens (including phenoxy) is 1. The number of aryl methyl sites for hydroxylation is 1. The Kier molecular flexibility index (Phi) is 4.88. The maximum atomic E-state index is 12.2. The molecule has 2 rings (SSSR count). The van der Waals surface area contributed by atoms with E-state index in [1.54, 1.807) is 12.3 Å². The van der Waals surface area contributed by atoms with E-state index in [2.05, 4.69) is 11.9 Å². The van der Waals surface area contributed by atoms with Gasteiger partial charge in [-0.25, -0.2) is 0 Å². The number of aromatic nitrogens is 1. The number of rotatable bonds is 6. The quantitative estimate of drug-likeness (QED) is 0.752. The second kappa shape index (κ2) is 6.85. The molecule has 3 nitrogen and oxygen atoms in total. The number of carbonyl (C=O) groups excluding carboxylic acids is 1. The SMILES string of the molecule is CCCOc1cccc(C(=O)Cc2ccc(C)cn2)c1. The molecule has 104 valence electrons. The molecule has 0 aliphatic carbocycles. The number of ketones is 1. The van der Waals surface area contributed by atoms with Gasteiger partial charge in [-0.2, -0.15) is 0 Å². The standard InChI is InChI=1S/C17H19NO2/c1-3-9-20-16-6-4-5-14(10-16)17(19)11-15-8-7-13(2)12-18-15/h4-8,10,12H,3,9,11H2,1-2H3. The van der Waals surface area contributed by atoms with Gasteiger partial charge in [0.05, 0.1) is 13.0 Å². The van der Waals surface area contributed by atoms with E-state index < -0.39 is 0 Å². The molecule has 0 atom stereocenters. The van der Waals surface area contributed by atoms with Gasteiger partial charge in [0, 0.05) is 17.5 Å². The minimum Gasteiger partial charge on any atom is -0.494 e. The Morgan fingerprint density at radius 3 is 2.80 bits per heavy atom. The van der Waals surface area contributed by atoms with Crippen molar-refractivity contribution in [1.29, 1.82) is 0 Å². The van der Waals surface area contributed by atoms with Crippen LogP contribution in [0.3, 0.4) is 0 Å². The lowest BCUT2D eigenvalue weighted by atomic mass is 10.1. The predicted octanol–water partition coefficient (Wildman–Crippen LogP) is 3.60. The van der Waals surface area contributed by atoms with Gasteiger partial charge in [0.2, 0.25) is 0 Å². The van der Waals surface area contributed by atoms with Gasteiger partial charge in [-0.1, -0.05) is 25.1 Å². The Morgan fingerprint density at radius 1 is 1.25 bits per heavy atom. The lowest BCUT2D eigenvalue weighted by Crippen LogP contribution is -2.05. The van der Waals surface area contributed by atoms with Gasteiger partial charge >= 0.3 is 0 Å². The van der Waals surface area contributed by atoms with E-state index in [1.165, 1.54) is 0 Å². The summed E-state index contributed by atoms with van der Waals surface area (Å²) in [4.78, 5) is 16.5. The minimum absolute atomic E-state index is 0.0586. The smallest absolute Gasteiger partial charge is 0.168 e. The number of hydrogen-bond acceptors (Lipinski definition) is 3. The molecular formula is C17H19NO2. The molecule has 0 N–H and O–H groups in total. The van der Waals surface area contributed by atoms with Crippen LogP contribution in [0, 0.1) is 6.92 Å². The minimum atomic E-state index is 0.0586. The highest BCUT2D eigenvalue weighted by Gasteiger charge is 2.09. The van der Waals surface area contributed by atoms with Crippen LogP contribution in [0.1, 0.15) is 35.0 Å². The third-order valence-electron chi connectivity index (χ3n) is 2.94. The van der Waals surface area contributed by atoms with E-state index in [-0.39, 0.29) is 5.78 Å². The molecule has 0 aliphatic rings. The monoisotopic (exact) mass is 269 g/mol.